The van der Waals surface area contributed by atoms with Gasteiger partial charge < -0.3 is 9.40 Å². The summed E-state index contributed by atoms with van der Waals surface area (Å²) in [6.07, 6.45) is 8.06. The van der Waals surface area contributed by atoms with Gasteiger partial charge in [-0.2, -0.15) is 5.10 Å². The van der Waals surface area contributed by atoms with Gasteiger partial charge in [-0.3, -0.25) is 9.48 Å². The number of fused-ring (bicyclic) bond motifs is 1. The third-order valence-electron chi connectivity index (χ3n) is 4.54. The molecule has 5 aromatic rings. The molecule has 0 bridgehead atoms. The molecule has 8 nitrogen and oxygen atoms in total. The summed E-state index contributed by atoms with van der Waals surface area (Å²) in [6.45, 7) is 0. The van der Waals surface area contributed by atoms with Gasteiger partial charge in [-0.15, -0.1) is 10.2 Å². The molecule has 0 aliphatic rings. The molecule has 0 amide bonds. The van der Waals surface area contributed by atoms with Crippen LogP contribution in [0, 0.1) is 0 Å². The Labute approximate surface area is 158 Å². The van der Waals surface area contributed by atoms with Crippen LogP contribution in [0.25, 0.3) is 45.1 Å². The Morgan fingerprint density at radius 3 is 2.68 bits per heavy atom. The highest BCUT2D eigenvalue weighted by Crippen LogP contribution is 2.32. The van der Waals surface area contributed by atoms with E-state index in [1.165, 1.54) is 0 Å². The fourth-order valence-electron chi connectivity index (χ4n) is 3.14. The lowest BCUT2D eigenvalue weighted by Crippen LogP contribution is -1.86. The maximum absolute atomic E-state index is 11.3. The van der Waals surface area contributed by atoms with Crippen molar-refractivity contribution < 1.29 is 9.21 Å². The summed E-state index contributed by atoms with van der Waals surface area (Å²) in [6, 6.07) is 9.10. The number of aromatic nitrogens is 6. The van der Waals surface area contributed by atoms with E-state index >= 15 is 0 Å². The second-order valence-corrected chi connectivity index (χ2v) is 6.34. The minimum absolute atomic E-state index is 0.295. The second-order valence-electron chi connectivity index (χ2n) is 6.34. The molecular weight excluding hydrogens is 356 g/mol. The first-order valence-electron chi connectivity index (χ1n) is 8.57. The molecule has 1 N–H and O–H groups in total. The fraction of sp³-hybridized carbons (Fsp3) is 0.0500. The summed E-state index contributed by atoms with van der Waals surface area (Å²) in [7, 11) is 1.87. The molecule has 0 saturated carbocycles. The normalized spacial score (nSPS) is 11.2. The lowest BCUT2D eigenvalue weighted by atomic mass is 10.1. The van der Waals surface area contributed by atoms with E-state index in [1.807, 2.05) is 25.4 Å². The molecule has 0 spiro atoms. The van der Waals surface area contributed by atoms with Crippen molar-refractivity contribution in [3.05, 3.63) is 60.7 Å². The molecular formula is C20H14N6O2. The topological polar surface area (TPSA) is 102 Å². The number of carbonyl (C=O) groups is 1. The molecule has 4 aromatic heterocycles. The van der Waals surface area contributed by atoms with Crippen LogP contribution in [0.4, 0.5) is 0 Å². The lowest BCUT2D eigenvalue weighted by Gasteiger charge is -1.99. The van der Waals surface area contributed by atoms with E-state index in [2.05, 4.69) is 25.3 Å². The first-order valence-corrected chi connectivity index (χ1v) is 8.57. The first-order chi connectivity index (χ1) is 13.7. The van der Waals surface area contributed by atoms with Crippen LogP contribution < -0.4 is 0 Å². The Hall–Kier alpha value is -4.07. The number of aromatic amines is 1. The van der Waals surface area contributed by atoms with Crippen molar-refractivity contribution in [3.63, 3.8) is 0 Å². The quantitative estimate of drug-likeness (QED) is 0.486. The van der Waals surface area contributed by atoms with Crippen molar-refractivity contribution in [1.29, 1.82) is 0 Å². The maximum atomic E-state index is 11.3. The van der Waals surface area contributed by atoms with Crippen LogP contribution in [0.2, 0.25) is 0 Å². The van der Waals surface area contributed by atoms with Crippen molar-refractivity contribution in [2.24, 2.45) is 7.05 Å². The van der Waals surface area contributed by atoms with E-state index < -0.39 is 0 Å². The van der Waals surface area contributed by atoms with Gasteiger partial charge in [0.1, 0.15) is 5.65 Å². The lowest BCUT2D eigenvalue weighted by molar-refractivity contribution is 0.112. The average molecular weight is 370 g/mol. The number of carbonyl (C=O) groups excluding carboxylic acids is 1. The summed E-state index contributed by atoms with van der Waals surface area (Å²) in [5, 5.41) is 13.4. The zero-order valence-electron chi connectivity index (χ0n) is 14.8. The van der Waals surface area contributed by atoms with Gasteiger partial charge in [-0.1, -0.05) is 18.2 Å². The molecule has 28 heavy (non-hydrogen) atoms. The van der Waals surface area contributed by atoms with Crippen molar-refractivity contribution >= 4 is 17.3 Å². The molecule has 1 aromatic carbocycles. The van der Waals surface area contributed by atoms with Crippen LogP contribution in [-0.2, 0) is 7.05 Å². The minimum Gasteiger partial charge on any atom is -0.416 e. The number of nitrogens with one attached hydrogen (secondary N) is 1. The molecule has 136 valence electrons. The summed E-state index contributed by atoms with van der Waals surface area (Å²) in [5.74, 6) is 0.649. The zero-order chi connectivity index (χ0) is 19.1. The van der Waals surface area contributed by atoms with Crippen LogP contribution in [0.3, 0.4) is 0 Å². The van der Waals surface area contributed by atoms with Crippen molar-refractivity contribution in [1.82, 2.24) is 29.9 Å². The van der Waals surface area contributed by atoms with Crippen LogP contribution in [0.5, 0.6) is 0 Å². The number of benzene rings is 1. The number of pyridine rings is 1. The van der Waals surface area contributed by atoms with E-state index in [1.54, 1.807) is 41.5 Å². The predicted octanol–water partition coefficient (Wildman–Crippen LogP) is 3.49. The third-order valence-corrected chi connectivity index (χ3v) is 4.54. The molecule has 0 aliphatic heterocycles. The first kappa shape index (κ1) is 16.1. The SMILES string of the molecule is Cn1cc(-c2cnc3[nH]cc(-c4nnc(-c5ccccc5C=O)o4)c3c2)cn1. The van der Waals surface area contributed by atoms with Crippen LogP contribution in [-0.4, -0.2) is 36.2 Å². The van der Waals surface area contributed by atoms with Crippen molar-refractivity contribution in [3.8, 4) is 34.0 Å². The van der Waals surface area contributed by atoms with Crippen molar-refractivity contribution in [2.45, 2.75) is 0 Å². The van der Waals surface area contributed by atoms with Crippen LogP contribution >= 0.6 is 0 Å². The molecule has 0 atom stereocenters. The molecule has 0 unspecified atom stereocenters. The fourth-order valence-corrected chi connectivity index (χ4v) is 3.14. The van der Waals surface area contributed by atoms with E-state index in [4.69, 9.17) is 4.42 Å². The van der Waals surface area contributed by atoms with Crippen LogP contribution in [0.1, 0.15) is 10.4 Å². The van der Waals surface area contributed by atoms with E-state index in [0.717, 1.165) is 34.0 Å². The molecule has 0 fully saturated rings. The number of rotatable bonds is 4. The highest BCUT2D eigenvalue weighted by molar-refractivity contribution is 5.94. The van der Waals surface area contributed by atoms with Gasteiger partial charge in [0, 0.05) is 53.3 Å². The number of nitrogens with zero attached hydrogens (tertiary/aromatic N) is 5. The number of aldehydes is 1. The van der Waals surface area contributed by atoms with Crippen molar-refractivity contribution in [2.75, 3.05) is 0 Å². The largest absolute Gasteiger partial charge is 0.416 e. The third kappa shape index (κ3) is 2.59. The second kappa shape index (κ2) is 6.27. The monoisotopic (exact) mass is 370 g/mol. The Balaban J connectivity index is 1.60. The molecule has 0 aliphatic carbocycles. The standard InChI is InChI=1S/C20H14N6O2/c1-26-10-14(8-23-26)13-6-16-17(9-22-18(16)21-7-13)20-25-24-19(28-20)15-5-3-2-4-12(15)11-27/h2-11H,1H3,(H,21,22). The highest BCUT2D eigenvalue weighted by atomic mass is 16.4. The van der Waals surface area contributed by atoms with Gasteiger partial charge in [0.2, 0.25) is 11.8 Å². The Bertz CT molecular complexity index is 1310. The summed E-state index contributed by atoms with van der Waals surface area (Å²) < 4.78 is 7.61. The van der Waals surface area contributed by atoms with Gasteiger partial charge in [-0.25, -0.2) is 4.98 Å². The average Bonchev–Trinajstić information content (AvgIpc) is 3.46. The zero-order valence-corrected chi connectivity index (χ0v) is 14.8. The van der Waals surface area contributed by atoms with Gasteiger partial charge in [0.25, 0.3) is 0 Å². The molecule has 5 rings (SSSR count). The van der Waals surface area contributed by atoms with Gasteiger partial charge in [0.05, 0.1) is 11.8 Å². The number of hydrogen-bond acceptors (Lipinski definition) is 6. The van der Waals surface area contributed by atoms with E-state index in [-0.39, 0.29) is 0 Å². The van der Waals surface area contributed by atoms with Gasteiger partial charge >= 0.3 is 0 Å². The number of H-pyrrole nitrogens is 1. The Kier molecular flexibility index (Phi) is 3.61. The van der Waals surface area contributed by atoms with Gasteiger partial charge in [0.15, 0.2) is 6.29 Å². The number of hydrogen-bond donors (Lipinski definition) is 1. The smallest absolute Gasteiger partial charge is 0.250 e. The summed E-state index contributed by atoms with van der Waals surface area (Å²) in [4.78, 5) is 18.9. The van der Waals surface area contributed by atoms with E-state index in [9.17, 15) is 4.79 Å². The Morgan fingerprint density at radius 1 is 1.07 bits per heavy atom. The molecule has 4 heterocycles. The van der Waals surface area contributed by atoms with Crippen LogP contribution in [0.15, 0.2) is 59.5 Å². The highest BCUT2D eigenvalue weighted by Gasteiger charge is 2.17. The minimum atomic E-state index is 0.295. The van der Waals surface area contributed by atoms with E-state index in [0.29, 0.717) is 22.9 Å². The molecule has 0 radical (unpaired) electrons. The molecule has 0 saturated heterocycles. The maximum Gasteiger partial charge on any atom is 0.250 e. The van der Waals surface area contributed by atoms with Gasteiger partial charge in [-0.05, 0) is 12.1 Å². The summed E-state index contributed by atoms with van der Waals surface area (Å²) >= 11 is 0. The Morgan fingerprint density at radius 2 is 1.89 bits per heavy atom. The predicted molar refractivity (Wildman–Crippen MR) is 102 cm³/mol. The molecule has 8 heteroatoms. The number of aryl methyl sites for hydroxylation is 1. The summed E-state index contributed by atoms with van der Waals surface area (Å²) in [5.41, 5.74) is 4.47.